The summed E-state index contributed by atoms with van der Waals surface area (Å²) in [5.41, 5.74) is -0.451. The maximum Gasteiger partial charge on any atom is 0.0518 e. The zero-order valence-electron chi connectivity index (χ0n) is 11.0. The molecule has 1 unspecified atom stereocenters. The van der Waals surface area contributed by atoms with E-state index in [0.717, 1.165) is 0 Å². The highest BCUT2D eigenvalue weighted by molar-refractivity contribution is 4.84. The summed E-state index contributed by atoms with van der Waals surface area (Å²) in [6, 6.07) is 0.176. The molecule has 0 aromatic rings. The van der Waals surface area contributed by atoms with Crippen LogP contribution in [0.1, 0.15) is 34.1 Å². The number of aliphatic hydroxyl groups excluding tert-OH is 3. The van der Waals surface area contributed by atoms with Gasteiger partial charge < -0.3 is 20.6 Å². The Bertz CT molecular complexity index is 185. The van der Waals surface area contributed by atoms with Crippen LogP contribution in [-0.2, 0) is 0 Å². The molecule has 0 saturated carbocycles. The van der Waals surface area contributed by atoms with Crippen molar-refractivity contribution < 1.29 is 15.3 Å². The van der Waals surface area contributed by atoms with Crippen molar-refractivity contribution in [1.82, 2.24) is 5.32 Å². The van der Waals surface area contributed by atoms with Crippen LogP contribution >= 0.6 is 0 Å². The molecule has 4 nitrogen and oxygen atoms in total. The fraction of sp³-hybridized carbons (Fsp3) is 1.00. The van der Waals surface area contributed by atoms with E-state index in [1.807, 2.05) is 6.92 Å². The number of nitrogens with one attached hydrogen (secondary N) is 1. The van der Waals surface area contributed by atoms with E-state index in [2.05, 4.69) is 26.1 Å². The standard InChI is InChI=1S/C12H27NO3/c1-11(2,3)10(5-6-14)13-7-12(4,8-15)9-16/h10,13-16H,5-9H2,1-4H3. The van der Waals surface area contributed by atoms with Gasteiger partial charge in [-0.2, -0.15) is 0 Å². The van der Waals surface area contributed by atoms with E-state index < -0.39 is 5.41 Å². The zero-order valence-corrected chi connectivity index (χ0v) is 11.0. The van der Waals surface area contributed by atoms with Gasteiger partial charge in [-0.3, -0.25) is 0 Å². The molecule has 4 heteroatoms. The molecule has 4 N–H and O–H groups in total. The summed E-state index contributed by atoms with van der Waals surface area (Å²) in [6.45, 7) is 8.74. The van der Waals surface area contributed by atoms with Crippen molar-refractivity contribution in [2.45, 2.75) is 40.2 Å². The minimum Gasteiger partial charge on any atom is -0.396 e. The SMILES string of the molecule is CC(CO)(CO)CNC(CCO)C(C)(C)C. The van der Waals surface area contributed by atoms with Crippen LogP contribution in [0.2, 0.25) is 0 Å². The Kier molecular flexibility index (Phi) is 6.48. The molecule has 0 aliphatic carbocycles. The summed E-state index contributed by atoms with van der Waals surface area (Å²) in [5.74, 6) is 0. The Balaban J connectivity index is 4.32. The van der Waals surface area contributed by atoms with Crippen molar-refractivity contribution in [3.8, 4) is 0 Å². The molecule has 0 heterocycles. The Labute approximate surface area is 98.7 Å². The Morgan fingerprint density at radius 1 is 1.00 bits per heavy atom. The Morgan fingerprint density at radius 2 is 1.50 bits per heavy atom. The van der Waals surface area contributed by atoms with Crippen molar-refractivity contribution in [3.63, 3.8) is 0 Å². The van der Waals surface area contributed by atoms with Gasteiger partial charge in [-0.05, 0) is 11.8 Å². The summed E-state index contributed by atoms with van der Waals surface area (Å²) in [5, 5.41) is 30.7. The van der Waals surface area contributed by atoms with Gasteiger partial charge in [0.2, 0.25) is 0 Å². The van der Waals surface area contributed by atoms with Crippen LogP contribution < -0.4 is 5.32 Å². The monoisotopic (exact) mass is 233 g/mol. The fourth-order valence-electron chi connectivity index (χ4n) is 1.50. The van der Waals surface area contributed by atoms with Gasteiger partial charge in [0.25, 0.3) is 0 Å². The molecule has 0 amide bonds. The zero-order chi connectivity index (χ0) is 12.8. The lowest BCUT2D eigenvalue weighted by Crippen LogP contribution is -2.47. The van der Waals surface area contributed by atoms with E-state index >= 15 is 0 Å². The molecule has 0 rings (SSSR count). The van der Waals surface area contributed by atoms with Crippen LogP contribution in [0.25, 0.3) is 0 Å². The molecule has 1 atom stereocenters. The second-order valence-corrected chi connectivity index (χ2v) is 5.94. The van der Waals surface area contributed by atoms with Gasteiger partial charge in [-0.15, -0.1) is 0 Å². The van der Waals surface area contributed by atoms with Crippen LogP contribution in [0.3, 0.4) is 0 Å². The van der Waals surface area contributed by atoms with Crippen molar-refractivity contribution in [3.05, 3.63) is 0 Å². The highest BCUT2D eigenvalue weighted by atomic mass is 16.3. The number of hydrogen-bond donors (Lipinski definition) is 4. The van der Waals surface area contributed by atoms with E-state index in [1.165, 1.54) is 0 Å². The first-order valence-corrected chi connectivity index (χ1v) is 5.85. The lowest BCUT2D eigenvalue weighted by atomic mass is 9.83. The first-order chi connectivity index (χ1) is 7.29. The molecule has 16 heavy (non-hydrogen) atoms. The van der Waals surface area contributed by atoms with Crippen LogP contribution in [0.5, 0.6) is 0 Å². The summed E-state index contributed by atoms with van der Waals surface area (Å²) in [6.07, 6.45) is 0.677. The first-order valence-electron chi connectivity index (χ1n) is 5.85. The molecule has 0 aliphatic rings. The smallest absolute Gasteiger partial charge is 0.0518 e. The molecule has 0 saturated heterocycles. The third kappa shape index (κ3) is 5.25. The van der Waals surface area contributed by atoms with Gasteiger partial charge in [0.1, 0.15) is 0 Å². The maximum atomic E-state index is 9.18. The van der Waals surface area contributed by atoms with Gasteiger partial charge in [-0.1, -0.05) is 27.7 Å². The highest BCUT2D eigenvalue weighted by Crippen LogP contribution is 2.23. The van der Waals surface area contributed by atoms with E-state index in [9.17, 15) is 10.2 Å². The lowest BCUT2D eigenvalue weighted by molar-refractivity contribution is 0.0603. The van der Waals surface area contributed by atoms with Crippen molar-refractivity contribution >= 4 is 0 Å². The molecule has 0 aliphatic heterocycles. The van der Waals surface area contributed by atoms with Gasteiger partial charge in [-0.25, -0.2) is 0 Å². The van der Waals surface area contributed by atoms with E-state index in [0.29, 0.717) is 13.0 Å². The van der Waals surface area contributed by atoms with E-state index in [-0.39, 0.29) is 31.3 Å². The molecular formula is C12H27NO3. The van der Waals surface area contributed by atoms with E-state index in [1.54, 1.807) is 0 Å². The van der Waals surface area contributed by atoms with Gasteiger partial charge >= 0.3 is 0 Å². The average Bonchev–Trinajstić information content (AvgIpc) is 2.22. The molecule has 0 aromatic heterocycles. The number of hydrogen-bond acceptors (Lipinski definition) is 4. The largest absolute Gasteiger partial charge is 0.396 e. The molecule has 0 aromatic carbocycles. The minimum atomic E-state index is -0.501. The van der Waals surface area contributed by atoms with Crippen molar-refractivity contribution in [2.75, 3.05) is 26.4 Å². The number of rotatable bonds is 7. The minimum absolute atomic E-state index is 0.0491. The third-order valence-corrected chi connectivity index (χ3v) is 3.00. The lowest BCUT2D eigenvalue weighted by Gasteiger charge is -2.35. The van der Waals surface area contributed by atoms with Gasteiger partial charge in [0, 0.05) is 24.6 Å². The van der Waals surface area contributed by atoms with Gasteiger partial charge in [0.05, 0.1) is 13.2 Å². The fourth-order valence-corrected chi connectivity index (χ4v) is 1.50. The summed E-state index contributed by atoms with van der Waals surface area (Å²) < 4.78 is 0. The maximum absolute atomic E-state index is 9.18. The van der Waals surface area contributed by atoms with Crippen LogP contribution in [0.15, 0.2) is 0 Å². The quantitative estimate of drug-likeness (QED) is 0.512. The second kappa shape index (κ2) is 6.55. The summed E-state index contributed by atoms with van der Waals surface area (Å²) >= 11 is 0. The molecule has 0 radical (unpaired) electrons. The second-order valence-electron chi connectivity index (χ2n) is 5.94. The Hall–Kier alpha value is -0.160. The van der Waals surface area contributed by atoms with Crippen LogP contribution in [0.4, 0.5) is 0 Å². The molecule has 0 bridgehead atoms. The molecule has 98 valence electrons. The molecule has 0 fully saturated rings. The van der Waals surface area contributed by atoms with Crippen LogP contribution in [-0.4, -0.2) is 47.7 Å². The predicted octanol–water partition coefficient (Wildman–Crippen LogP) is 0.364. The van der Waals surface area contributed by atoms with Gasteiger partial charge in [0.15, 0.2) is 0 Å². The van der Waals surface area contributed by atoms with Crippen molar-refractivity contribution in [2.24, 2.45) is 10.8 Å². The summed E-state index contributed by atoms with van der Waals surface area (Å²) in [4.78, 5) is 0. The molecular weight excluding hydrogens is 206 g/mol. The third-order valence-electron chi connectivity index (χ3n) is 3.00. The van der Waals surface area contributed by atoms with Crippen molar-refractivity contribution in [1.29, 1.82) is 0 Å². The molecule has 0 spiro atoms. The van der Waals surface area contributed by atoms with E-state index in [4.69, 9.17) is 5.11 Å². The van der Waals surface area contributed by atoms with Crippen LogP contribution in [0, 0.1) is 10.8 Å². The average molecular weight is 233 g/mol. The highest BCUT2D eigenvalue weighted by Gasteiger charge is 2.28. The first kappa shape index (κ1) is 15.8. The topological polar surface area (TPSA) is 72.7 Å². The number of aliphatic hydroxyl groups is 3. The summed E-state index contributed by atoms with van der Waals surface area (Å²) in [7, 11) is 0. The predicted molar refractivity (Wildman–Crippen MR) is 65.2 cm³/mol. The Morgan fingerprint density at radius 3 is 1.81 bits per heavy atom. The normalized spacial score (nSPS) is 15.2.